The average molecular weight is 272 g/mol. The van der Waals surface area contributed by atoms with Crippen LogP contribution in [0.3, 0.4) is 0 Å². The van der Waals surface area contributed by atoms with Crippen LogP contribution < -0.4 is 10.5 Å². The van der Waals surface area contributed by atoms with Crippen molar-refractivity contribution < 1.29 is 8.42 Å². The van der Waals surface area contributed by atoms with Gasteiger partial charge in [0.2, 0.25) is 0 Å². The van der Waals surface area contributed by atoms with Gasteiger partial charge in [-0.2, -0.15) is 0 Å². The van der Waals surface area contributed by atoms with Gasteiger partial charge < -0.3 is 5.73 Å². The third kappa shape index (κ3) is 1.72. The molecule has 0 aromatic carbocycles. The van der Waals surface area contributed by atoms with E-state index in [1.54, 1.807) is 11.6 Å². The number of aromatic nitrogens is 2. The van der Waals surface area contributed by atoms with Gasteiger partial charge in [-0.15, -0.1) is 11.3 Å². The van der Waals surface area contributed by atoms with Crippen molar-refractivity contribution in [2.24, 2.45) is 0 Å². The molecule has 0 amide bonds. The third-order valence-electron chi connectivity index (χ3n) is 2.88. The van der Waals surface area contributed by atoms with Crippen LogP contribution in [0.1, 0.15) is 19.8 Å². The van der Waals surface area contributed by atoms with Gasteiger partial charge in [-0.25, -0.2) is 18.1 Å². The summed E-state index contributed by atoms with van der Waals surface area (Å²) in [6.07, 6.45) is 3.38. The zero-order valence-corrected chi connectivity index (χ0v) is 10.8. The van der Waals surface area contributed by atoms with Crippen LogP contribution in [0.15, 0.2) is 16.6 Å². The van der Waals surface area contributed by atoms with E-state index in [1.807, 2.05) is 6.92 Å². The number of nitrogens with two attached hydrogens (primary N) is 1. The maximum Gasteiger partial charge on any atom is 0.260 e. The van der Waals surface area contributed by atoms with Gasteiger partial charge in [-0.1, -0.05) is 0 Å². The minimum absolute atomic E-state index is 0.0434. The standard InChI is InChI=1S/C9H12N4O2S2/c1-9(2-3-9)12-17(14,15)7-6(10)11-8-13(7)4-5-16-8/h4-5,12H,2-3,10H2,1H3. The molecule has 6 nitrogen and oxygen atoms in total. The highest BCUT2D eigenvalue weighted by Crippen LogP contribution is 2.36. The van der Waals surface area contributed by atoms with Crippen LogP contribution in [-0.2, 0) is 10.0 Å². The van der Waals surface area contributed by atoms with Crippen molar-refractivity contribution in [3.63, 3.8) is 0 Å². The Morgan fingerprint density at radius 3 is 2.94 bits per heavy atom. The van der Waals surface area contributed by atoms with Gasteiger partial charge in [0.25, 0.3) is 10.0 Å². The van der Waals surface area contributed by atoms with E-state index in [0.29, 0.717) is 4.96 Å². The summed E-state index contributed by atoms with van der Waals surface area (Å²) in [5.41, 5.74) is 5.36. The second-order valence-corrected chi connectivity index (χ2v) is 6.99. The molecule has 8 heteroatoms. The summed E-state index contributed by atoms with van der Waals surface area (Å²) in [6.45, 7) is 1.88. The second-order valence-electron chi connectivity index (χ2n) is 4.52. The molecule has 2 aromatic rings. The first-order valence-electron chi connectivity index (χ1n) is 5.16. The fraction of sp³-hybridized carbons (Fsp3) is 0.444. The van der Waals surface area contributed by atoms with Gasteiger partial charge in [0.05, 0.1) is 0 Å². The molecule has 1 saturated carbocycles. The molecule has 3 N–H and O–H groups in total. The fourth-order valence-corrected chi connectivity index (χ4v) is 4.17. The van der Waals surface area contributed by atoms with Crippen molar-refractivity contribution in [3.8, 4) is 0 Å². The second kappa shape index (κ2) is 3.21. The van der Waals surface area contributed by atoms with Crippen LogP contribution in [0, 0.1) is 0 Å². The van der Waals surface area contributed by atoms with Crippen LogP contribution in [0.2, 0.25) is 0 Å². The molecule has 2 heterocycles. The largest absolute Gasteiger partial charge is 0.381 e. The molecule has 92 valence electrons. The summed E-state index contributed by atoms with van der Waals surface area (Å²) in [6, 6.07) is 0. The van der Waals surface area contributed by atoms with E-state index in [4.69, 9.17) is 5.73 Å². The lowest BCUT2D eigenvalue weighted by Crippen LogP contribution is -2.35. The quantitative estimate of drug-likeness (QED) is 0.865. The predicted octanol–water partition coefficient (Wildman–Crippen LogP) is 0.809. The zero-order valence-electron chi connectivity index (χ0n) is 9.17. The Balaban J connectivity index is 2.13. The van der Waals surface area contributed by atoms with Gasteiger partial charge >= 0.3 is 0 Å². The van der Waals surface area contributed by atoms with E-state index in [0.717, 1.165) is 12.8 Å². The summed E-state index contributed by atoms with van der Waals surface area (Å²) in [5, 5.41) is 1.82. The lowest BCUT2D eigenvalue weighted by atomic mass is 10.4. The van der Waals surface area contributed by atoms with Gasteiger partial charge in [0, 0.05) is 17.1 Å². The Hall–Kier alpha value is -1.12. The van der Waals surface area contributed by atoms with Crippen molar-refractivity contribution in [2.75, 3.05) is 5.73 Å². The van der Waals surface area contributed by atoms with Crippen molar-refractivity contribution >= 4 is 32.1 Å². The van der Waals surface area contributed by atoms with Crippen LogP contribution in [0.5, 0.6) is 0 Å². The van der Waals surface area contributed by atoms with Crippen molar-refractivity contribution in [1.29, 1.82) is 0 Å². The van der Waals surface area contributed by atoms with Gasteiger partial charge in [0.15, 0.2) is 15.8 Å². The van der Waals surface area contributed by atoms with Gasteiger partial charge in [-0.3, -0.25) is 4.40 Å². The van der Waals surface area contributed by atoms with Crippen molar-refractivity contribution in [2.45, 2.75) is 30.3 Å². The summed E-state index contributed by atoms with van der Waals surface area (Å²) in [5.74, 6) is 0.0496. The summed E-state index contributed by atoms with van der Waals surface area (Å²) in [7, 11) is -3.61. The average Bonchev–Trinajstić information content (AvgIpc) is 2.63. The predicted molar refractivity (Wildman–Crippen MR) is 65.4 cm³/mol. The summed E-state index contributed by atoms with van der Waals surface area (Å²) < 4.78 is 28.6. The zero-order chi connectivity index (χ0) is 12.3. The molecule has 0 radical (unpaired) electrons. The lowest BCUT2D eigenvalue weighted by molar-refractivity contribution is 0.554. The monoisotopic (exact) mass is 272 g/mol. The minimum Gasteiger partial charge on any atom is -0.381 e. The number of nitrogen functional groups attached to an aromatic ring is 1. The van der Waals surface area contributed by atoms with E-state index in [2.05, 4.69) is 9.71 Å². The number of rotatable bonds is 3. The third-order valence-corrected chi connectivity index (χ3v) is 5.31. The highest BCUT2D eigenvalue weighted by Gasteiger charge is 2.42. The molecule has 0 bridgehead atoms. The van der Waals surface area contributed by atoms with Gasteiger partial charge in [0.1, 0.15) is 0 Å². The minimum atomic E-state index is -3.61. The molecule has 1 aliphatic rings. The molecule has 0 unspecified atom stereocenters. The first-order chi connectivity index (χ1) is 7.91. The smallest absolute Gasteiger partial charge is 0.260 e. The molecular weight excluding hydrogens is 260 g/mol. The molecule has 17 heavy (non-hydrogen) atoms. The number of anilines is 1. The van der Waals surface area contributed by atoms with E-state index in [9.17, 15) is 8.42 Å². The van der Waals surface area contributed by atoms with E-state index in [-0.39, 0.29) is 16.4 Å². The summed E-state index contributed by atoms with van der Waals surface area (Å²) >= 11 is 1.35. The Morgan fingerprint density at radius 2 is 2.29 bits per heavy atom. The van der Waals surface area contributed by atoms with Crippen LogP contribution in [-0.4, -0.2) is 23.3 Å². The molecule has 2 aromatic heterocycles. The van der Waals surface area contributed by atoms with Crippen molar-refractivity contribution in [3.05, 3.63) is 11.6 Å². The number of nitrogens with zero attached hydrogens (tertiary/aromatic N) is 2. The van der Waals surface area contributed by atoms with E-state index >= 15 is 0 Å². The maximum absolute atomic E-state index is 12.2. The number of thiazole rings is 1. The lowest BCUT2D eigenvalue weighted by Gasteiger charge is -2.11. The molecule has 0 atom stereocenters. The molecule has 0 aliphatic heterocycles. The maximum atomic E-state index is 12.2. The highest BCUT2D eigenvalue weighted by atomic mass is 32.2. The first-order valence-corrected chi connectivity index (χ1v) is 7.53. The molecule has 1 aliphatic carbocycles. The number of sulfonamides is 1. The molecule has 1 fully saturated rings. The number of imidazole rings is 1. The van der Waals surface area contributed by atoms with Gasteiger partial charge in [-0.05, 0) is 19.8 Å². The normalized spacial score (nSPS) is 18.6. The molecular formula is C9H12N4O2S2. The van der Waals surface area contributed by atoms with Crippen molar-refractivity contribution in [1.82, 2.24) is 14.1 Å². The van der Waals surface area contributed by atoms with Crippen LogP contribution in [0.4, 0.5) is 5.82 Å². The molecule has 0 spiro atoms. The Bertz CT molecular complexity index is 681. The fourth-order valence-electron chi connectivity index (χ4n) is 1.71. The topological polar surface area (TPSA) is 89.5 Å². The van der Waals surface area contributed by atoms with E-state index in [1.165, 1.54) is 15.7 Å². The van der Waals surface area contributed by atoms with Crippen LogP contribution in [0.25, 0.3) is 4.96 Å². The Labute approximate surface area is 103 Å². The number of fused-ring (bicyclic) bond motifs is 1. The Morgan fingerprint density at radius 1 is 1.59 bits per heavy atom. The SMILES string of the molecule is CC1(NS(=O)(=O)c2c(N)nc3sccn23)CC1. The van der Waals surface area contributed by atoms with E-state index < -0.39 is 10.0 Å². The summed E-state index contributed by atoms with van der Waals surface area (Å²) in [4.78, 5) is 4.62. The Kier molecular flexibility index (Phi) is 2.08. The number of nitrogens with one attached hydrogen (secondary N) is 1. The molecule has 3 rings (SSSR count). The number of hydrogen-bond acceptors (Lipinski definition) is 5. The highest BCUT2D eigenvalue weighted by molar-refractivity contribution is 7.89. The first kappa shape index (κ1) is 11.0. The number of hydrogen-bond donors (Lipinski definition) is 2. The van der Waals surface area contributed by atoms with Crippen LogP contribution >= 0.6 is 11.3 Å². The molecule has 0 saturated heterocycles.